The number of hydrogen-bond donors (Lipinski definition) is 3. The minimum Gasteiger partial charge on any atom is -0.497 e. The van der Waals surface area contributed by atoms with Crippen molar-refractivity contribution >= 4 is 44.4 Å². The third kappa shape index (κ3) is 6.34. The maximum Gasteiger partial charge on any atom is 0.261 e. The van der Waals surface area contributed by atoms with Gasteiger partial charge >= 0.3 is 0 Å². The van der Waals surface area contributed by atoms with Crippen molar-refractivity contribution in [2.24, 2.45) is 0 Å². The lowest BCUT2D eigenvalue weighted by atomic mass is 10.3. The van der Waals surface area contributed by atoms with Crippen LogP contribution < -0.4 is 24.8 Å². The Kier molecular flexibility index (Phi) is 7.32. The second-order valence-corrected chi connectivity index (χ2v) is 8.49. The monoisotopic (exact) mass is 457 g/mol. The first-order valence-corrected chi connectivity index (χ1v) is 11.4. The predicted octanol–water partition coefficient (Wildman–Crippen LogP) is 4.70. The quantitative estimate of drug-likeness (QED) is 0.422. The summed E-state index contributed by atoms with van der Waals surface area (Å²) in [5, 5.41) is 6.49. The fourth-order valence-electron chi connectivity index (χ4n) is 2.69. The van der Waals surface area contributed by atoms with E-state index in [0.29, 0.717) is 28.8 Å². The molecule has 0 heterocycles. The highest BCUT2D eigenvalue weighted by atomic mass is 32.2. The number of nitrogens with one attached hydrogen (secondary N) is 3. The van der Waals surface area contributed by atoms with Gasteiger partial charge in [0.25, 0.3) is 10.0 Å². The van der Waals surface area contributed by atoms with E-state index in [4.69, 9.17) is 21.7 Å². The van der Waals surface area contributed by atoms with Crippen molar-refractivity contribution in [1.29, 1.82) is 0 Å². The van der Waals surface area contributed by atoms with E-state index in [0.717, 1.165) is 11.4 Å². The van der Waals surface area contributed by atoms with Crippen molar-refractivity contribution in [3.05, 3.63) is 72.8 Å². The third-order valence-electron chi connectivity index (χ3n) is 4.19. The number of anilines is 3. The van der Waals surface area contributed by atoms with Gasteiger partial charge in [0.05, 0.1) is 18.6 Å². The SMILES string of the molecule is CCOc1ccc(NC(=S)Nc2ccc(S(=O)(=O)Nc3ccc(OC)cc3)cc2)cc1. The molecule has 3 aromatic rings. The summed E-state index contributed by atoms with van der Waals surface area (Å²) in [6.45, 7) is 2.53. The summed E-state index contributed by atoms with van der Waals surface area (Å²) in [7, 11) is -2.16. The van der Waals surface area contributed by atoms with Crippen molar-refractivity contribution in [2.45, 2.75) is 11.8 Å². The van der Waals surface area contributed by atoms with Crippen LogP contribution in [0.3, 0.4) is 0 Å². The van der Waals surface area contributed by atoms with Crippen LogP contribution in [0, 0.1) is 0 Å². The number of rotatable bonds is 8. The smallest absolute Gasteiger partial charge is 0.261 e. The van der Waals surface area contributed by atoms with E-state index in [1.54, 1.807) is 43.5 Å². The molecule has 31 heavy (non-hydrogen) atoms. The topological polar surface area (TPSA) is 88.7 Å². The number of methoxy groups -OCH3 is 1. The summed E-state index contributed by atoms with van der Waals surface area (Å²) >= 11 is 5.32. The molecule has 0 spiro atoms. The maximum atomic E-state index is 12.6. The molecular weight excluding hydrogens is 434 g/mol. The molecule has 0 saturated heterocycles. The van der Waals surface area contributed by atoms with Crippen molar-refractivity contribution < 1.29 is 17.9 Å². The lowest BCUT2D eigenvalue weighted by molar-refractivity contribution is 0.340. The Bertz CT molecular complexity index is 1110. The molecule has 3 N–H and O–H groups in total. The molecule has 0 fully saturated rings. The Balaban J connectivity index is 1.60. The van der Waals surface area contributed by atoms with E-state index in [-0.39, 0.29) is 4.90 Å². The number of ether oxygens (including phenoxy) is 2. The van der Waals surface area contributed by atoms with Gasteiger partial charge < -0.3 is 20.1 Å². The Hall–Kier alpha value is -3.30. The number of sulfonamides is 1. The first-order valence-electron chi connectivity index (χ1n) is 9.47. The average Bonchev–Trinajstić information content (AvgIpc) is 2.76. The lowest BCUT2D eigenvalue weighted by Gasteiger charge is -2.12. The summed E-state index contributed by atoms with van der Waals surface area (Å²) < 4.78 is 38.2. The minimum absolute atomic E-state index is 0.138. The molecule has 0 aliphatic carbocycles. The summed E-state index contributed by atoms with van der Waals surface area (Å²) in [4.78, 5) is 0.138. The standard InChI is InChI=1S/C22H23N3O4S2/c1-3-29-20-12-4-16(5-13-20)23-22(30)24-17-8-14-21(15-9-17)31(26,27)25-18-6-10-19(28-2)11-7-18/h4-15,25H,3H2,1-2H3,(H2,23,24,30). The highest BCUT2D eigenvalue weighted by Gasteiger charge is 2.14. The molecule has 0 amide bonds. The van der Waals surface area contributed by atoms with E-state index in [1.165, 1.54) is 12.1 Å². The van der Waals surface area contributed by atoms with Crippen LogP contribution in [-0.2, 0) is 10.0 Å². The Morgan fingerprint density at radius 3 is 1.81 bits per heavy atom. The molecule has 3 aromatic carbocycles. The summed E-state index contributed by atoms with van der Waals surface area (Å²) in [6.07, 6.45) is 0. The van der Waals surface area contributed by atoms with E-state index in [1.807, 2.05) is 31.2 Å². The van der Waals surface area contributed by atoms with Crippen molar-refractivity contribution in [3.8, 4) is 11.5 Å². The predicted molar refractivity (Wildman–Crippen MR) is 128 cm³/mol. The van der Waals surface area contributed by atoms with E-state index >= 15 is 0 Å². The molecule has 0 aliphatic rings. The third-order valence-corrected chi connectivity index (χ3v) is 5.79. The Morgan fingerprint density at radius 2 is 1.29 bits per heavy atom. The van der Waals surface area contributed by atoms with Crippen LogP contribution in [0.1, 0.15) is 6.92 Å². The van der Waals surface area contributed by atoms with Gasteiger partial charge in [-0.15, -0.1) is 0 Å². The first-order chi connectivity index (χ1) is 14.9. The van der Waals surface area contributed by atoms with Crippen LogP contribution in [0.15, 0.2) is 77.7 Å². The maximum absolute atomic E-state index is 12.6. The number of benzene rings is 3. The molecule has 0 saturated carbocycles. The zero-order chi connectivity index (χ0) is 22.3. The van der Waals surface area contributed by atoms with Crippen LogP contribution in [0.4, 0.5) is 17.1 Å². The summed E-state index contributed by atoms with van der Waals surface area (Å²) in [5.41, 5.74) is 1.92. The van der Waals surface area contributed by atoms with Gasteiger partial charge in [-0.05, 0) is 91.9 Å². The molecule has 9 heteroatoms. The van der Waals surface area contributed by atoms with Gasteiger partial charge in [0.15, 0.2) is 5.11 Å². The molecule has 162 valence electrons. The summed E-state index contributed by atoms with van der Waals surface area (Å²) in [5.74, 6) is 1.43. The zero-order valence-electron chi connectivity index (χ0n) is 17.1. The van der Waals surface area contributed by atoms with E-state index < -0.39 is 10.0 Å². The lowest BCUT2D eigenvalue weighted by Crippen LogP contribution is -2.19. The van der Waals surface area contributed by atoms with Crippen molar-refractivity contribution in [2.75, 3.05) is 29.1 Å². The molecule has 0 bridgehead atoms. The molecule has 0 aromatic heterocycles. The molecule has 0 aliphatic heterocycles. The van der Waals surface area contributed by atoms with Gasteiger partial charge in [-0.25, -0.2) is 8.42 Å². The highest BCUT2D eigenvalue weighted by molar-refractivity contribution is 7.92. The van der Waals surface area contributed by atoms with E-state index in [9.17, 15) is 8.42 Å². The molecule has 0 radical (unpaired) electrons. The van der Waals surface area contributed by atoms with Crippen LogP contribution >= 0.6 is 12.2 Å². The number of thiocarbonyl (C=S) groups is 1. The van der Waals surface area contributed by atoms with Crippen molar-refractivity contribution in [1.82, 2.24) is 0 Å². The second-order valence-electron chi connectivity index (χ2n) is 6.39. The zero-order valence-corrected chi connectivity index (χ0v) is 18.7. The van der Waals surface area contributed by atoms with Gasteiger partial charge in [0, 0.05) is 17.1 Å². The Labute approximate surface area is 187 Å². The second kappa shape index (κ2) is 10.1. The fraction of sp³-hybridized carbons (Fsp3) is 0.136. The van der Waals surface area contributed by atoms with E-state index in [2.05, 4.69) is 15.4 Å². The van der Waals surface area contributed by atoms with Crippen LogP contribution in [0.2, 0.25) is 0 Å². The fourth-order valence-corrected chi connectivity index (χ4v) is 3.98. The molecular formula is C22H23N3O4S2. The van der Waals surface area contributed by atoms with Crippen LogP contribution in [0.25, 0.3) is 0 Å². The Morgan fingerprint density at radius 1 is 0.806 bits per heavy atom. The van der Waals surface area contributed by atoms with Gasteiger partial charge in [0.2, 0.25) is 0 Å². The van der Waals surface area contributed by atoms with Crippen LogP contribution in [0.5, 0.6) is 11.5 Å². The molecule has 7 nitrogen and oxygen atoms in total. The minimum atomic E-state index is -3.71. The van der Waals surface area contributed by atoms with Gasteiger partial charge in [-0.3, -0.25) is 4.72 Å². The summed E-state index contributed by atoms with van der Waals surface area (Å²) in [6, 6.07) is 20.4. The average molecular weight is 458 g/mol. The molecule has 0 unspecified atom stereocenters. The highest BCUT2D eigenvalue weighted by Crippen LogP contribution is 2.21. The molecule has 3 rings (SSSR count). The van der Waals surface area contributed by atoms with Gasteiger partial charge in [-0.2, -0.15) is 0 Å². The van der Waals surface area contributed by atoms with Gasteiger partial charge in [0.1, 0.15) is 11.5 Å². The number of hydrogen-bond acceptors (Lipinski definition) is 5. The first kappa shape index (κ1) is 22.4. The largest absolute Gasteiger partial charge is 0.497 e. The normalized spacial score (nSPS) is 10.8. The van der Waals surface area contributed by atoms with Crippen LogP contribution in [-0.4, -0.2) is 27.2 Å². The molecule has 0 atom stereocenters. The van der Waals surface area contributed by atoms with Gasteiger partial charge in [-0.1, -0.05) is 0 Å². The van der Waals surface area contributed by atoms with Crippen molar-refractivity contribution in [3.63, 3.8) is 0 Å².